The topological polar surface area (TPSA) is 47.9 Å². The average molecular weight is 811 g/mol. The maximum atomic E-state index is 10.7. The number of benzene rings is 4. The summed E-state index contributed by atoms with van der Waals surface area (Å²) in [6.07, 6.45) is 20.5. The fourth-order valence-corrected chi connectivity index (χ4v) is 10.0. The van der Waals surface area contributed by atoms with Gasteiger partial charge in [0.1, 0.15) is 0 Å². The summed E-state index contributed by atoms with van der Waals surface area (Å²) in [5.74, 6) is 2.58. The average Bonchev–Trinajstić information content (AvgIpc) is 3.18. The number of rotatable bonds is 24. The van der Waals surface area contributed by atoms with E-state index in [1.165, 1.54) is 101 Å². The summed E-state index contributed by atoms with van der Waals surface area (Å²) in [6.45, 7) is 21.9. The van der Waals surface area contributed by atoms with Gasteiger partial charge in [-0.1, -0.05) is 26.7 Å². The van der Waals surface area contributed by atoms with Crippen molar-refractivity contribution in [2.75, 3.05) is 0 Å². The van der Waals surface area contributed by atoms with Crippen molar-refractivity contribution in [3.8, 4) is 23.0 Å². The number of hydrogen-bond donors (Lipinski definition) is 1. The van der Waals surface area contributed by atoms with E-state index in [1.54, 1.807) is 0 Å². The molecule has 4 nitrogen and oxygen atoms in total. The fourth-order valence-electron chi connectivity index (χ4n) is 7.64. The number of aromatic hydroxyl groups is 1. The number of phenols is 1. The zero-order chi connectivity index (χ0) is 42.2. The van der Waals surface area contributed by atoms with E-state index >= 15 is 0 Å². The number of hydrogen-bond acceptors (Lipinski definition) is 4. The van der Waals surface area contributed by atoms with Crippen LogP contribution in [0.25, 0.3) is 0 Å². The Kier molecular flexibility index (Phi) is 18.1. The molecule has 0 amide bonds. The van der Waals surface area contributed by atoms with Crippen LogP contribution in [0.1, 0.15) is 187 Å². The van der Waals surface area contributed by atoms with E-state index in [1.807, 2.05) is 12.1 Å². The van der Waals surface area contributed by atoms with Gasteiger partial charge in [-0.05, 0) is 0 Å². The first-order valence-corrected chi connectivity index (χ1v) is 24.5. The van der Waals surface area contributed by atoms with Gasteiger partial charge >= 0.3 is 330 Å². The van der Waals surface area contributed by atoms with Crippen molar-refractivity contribution in [2.24, 2.45) is 0 Å². The second-order valence-corrected chi connectivity index (χ2v) is 22.5. The van der Waals surface area contributed by atoms with Crippen LogP contribution in [0, 0.1) is 0 Å². The zero-order valence-corrected chi connectivity index (χ0v) is 39.1. The first-order chi connectivity index (χ1) is 27.6. The minimum atomic E-state index is -3.54. The van der Waals surface area contributed by atoms with Crippen LogP contribution in [0.5, 0.6) is 23.0 Å². The van der Waals surface area contributed by atoms with Crippen molar-refractivity contribution in [3.05, 3.63) is 119 Å². The van der Waals surface area contributed by atoms with Gasteiger partial charge in [0.15, 0.2) is 0 Å². The first kappa shape index (κ1) is 47.2. The Morgan fingerprint density at radius 1 is 0.448 bits per heavy atom. The number of aryl methyl sites for hydroxylation is 2. The molecule has 1 N–H and O–H groups in total. The first-order valence-electron chi connectivity index (χ1n) is 22.8. The molecule has 0 atom stereocenters. The Bertz CT molecular complexity index is 1700. The molecule has 320 valence electrons. The van der Waals surface area contributed by atoms with Crippen molar-refractivity contribution in [1.82, 2.24) is 0 Å². The van der Waals surface area contributed by atoms with E-state index in [2.05, 4.69) is 148 Å². The summed E-state index contributed by atoms with van der Waals surface area (Å²) in [7, 11) is -3.54. The third-order valence-corrected chi connectivity index (χ3v) is 15.1. The zero-order valence-electron chi connectivity index (χ0n) is 38.1. The van der Waals surface area contributed by atoms with Crippen LogP contribution in [0.15, 0.2) is 91.0 Å². The van der Waals surface area contributed by atoms with E-state index in [4.69, 9.17) is 13.6 Å². The molecular formula is C53H79O4P. The second kappa shape index (κ2) is 22.2. The van der Waals surface area contributed by atoms with Gasteiger partial charge in [0.25, 0.3) is 0 Å². The van der Waals surface area contributed by atoms with Gasteiger partial charge in [-0.2, -0.15) is 0 Å². The molecule has 58 heavy (non-hydrogen) atoms. The third-order valence-electron chi connectivity index (χ3n) is 11.8. The van der Waals surface area contributed by atoms with Crippen LogP contribution in [0.4, 0.5) is 0 Å². The fraction of sp³-hybridized carbons (Fsp3) is 0.547. The molecule has 4 rings (SSSR count). The van der Waals surface area contributed by atoms with Crippen molar-refractivity contribution in [1.29, 1.82) is 0 Å². The van der Waals surface area contributed by atoms with E-state index < -0.39 is 13.1 Å². The molecule has 5 heteroatoms. The van der Waals surface area contributed by atoms with E-state index in [-0.39, 0.29) is 10.8 Å². The summed E-state index contributed by atoms with van der Waals surface area (Å²) < 4.78 is 21.2. The molecule has 4 aromatic carbocycles. The molecule has 0 bridgehead atoms. The van der Waals surface area contributed by atoms with Crippen molar-refractivity contribution in [2.45, 2.75) is 188 Å². The molecule has 0 aliphatic heterocycles. The van der Waals surface area contributed by atoms with Gasteiger partial charge in [0, 0.05) is 0 Å². The summed E-state index contributed by atoms with van der Waals surface area (Å²) in [6, 6.07) is 31.6. The van der Waals surface area contributed by atoms with E-state index in [0.717, 1.165) is 41.0 Å². The Morgan fingerprint density at radius 2 is 0.810 bits per heavy atom. The molecule has 0 aliphatic carbocycles. The Balaban J connectivity index is 1.57. The molecule has 4 aromatic rings. The summed E-state index contributed by atoms with van der Waals surface area (Å²) in [5, 5.41) is 10.2. The van der Waals surface area contributed by atoms with Gasteiger partial charge in [-0.3, -0.25) is 0 Å². The monoisotopic (exact) mass is 811 g/mol. The Hall–Kier alpha value is -3.49. The summed E-state index contributed by atoms with van der Waals surface area (Å²) in [4.78, 5) is 0. The Labute approximate surface area is 355 Å². The van der Waals surface area contributed by atoms with Gasteiger partial charge in [-0.25, -0.2) is 0 Å². The molecule has 0 aliphatic rings. The van der Waals surface area contributed by atoms with Crippen molar-refractivity contribution in [3.63, 3.8) is 0 Å². The molecule has 0 unspecified atom stereocenters. The van der Waals surface area contributed by atoms with Crippen LogP contribution >= 0.6 is 7.94 Å². The van der Waals surface area contributed by atoms with Crippen LogP contribution in [-0.2, 0) is 23.7 Å². The van der Waals surface area contributed by atoms with E-state index in [9.17, 15) is 5.11 Å². The van der Waals surface area contributed by atoms with Crippen molar-refractivity contribution >= 4 is 7.94 Å². The summed E-state index contributed by atoms with van der Waals surface area (Å²) >= 11 is 0. The molecule has 0 heterocycles. The molecular weight excluding hydrogens is 732 g/mol. The molecule has 0 fully saturated rings. The molecule has 0 saturated heterocycles. The van der Waals surface area contributed by atoms with E-state index in [0.29, 0.717) is 11.5 Å². The molecule has 0 saturated carbocycles. The van der Waals surface area contributed by atoms with Gasteiger partial charge in [-0.15, -0.1) is 0 Å². The molecule has 0 aromatic heterocycles. The minimum absolute atomic E-state index is 0.170. The predicted octanol–water partition coefficient (Wildman–Crippen LogP) is 16.4. The van der Waals surface area contributed by atoms with Crippen LogP contribution in [-0.4, -0.2) is 10.3 Å². The molecule has 0 spiro atoms. The standard InChI is InChI=1S/C53H79O4P/c1-11-13-15-17-19-21-23-25-42-27-34-46(35-28-42)55-58(52(6,7)8,56-47-36-29-43(30-37-47)26-24-22-20-18-16-14-12-2)57-48-38-31-44(32-39-48)53(9,10)45-33-40-50(54)49(41-45)51(3,4)5/h27-41,54,58H,11-26H2,1-10H3. The summed E-state index contributed by atoms with van der Waals surface area (Å²) in [5.41, 5.74) is 5.46. The third kappa shape index (κ3) is 14.1. The molecule has 0 radical (unpaired) electrons. The maximum absolute atomic E-state index is 10.7. The van der Waals surface area contributed by atoms with Crippen LogP contribution in [0.3, 0.4) is 0 Å². The normalized spacial score (nSPS) is 12.7. The second-order valence-electron chi connectivity index (χ2n) is 19.3. The van der Waals surface area contributed by atoms with Crippen molar-refractivity contribution < 1.29 is 18.7 Å². The van der Waals surface area contributed by atoms with Crippen LogP contribution in [0.2, 0.25) is 0 Å². The van der Waals surface area contributed by atoms with Gasteiger partial charge in [0.2, 0.25) is 0 Å². The predicted molar refractivity (Wildman–Crippen MR) is 252 cm³/mol. The van der Waals surface area contributed by atoms with Gasteiger partial charge < -0.3 is 0 Å². The number of phenolic OH excluding ortho intramolecular Hbond substituents is 1. The number of unbranched alkanes of at least 4 members (excludes halogenated alkanes) is 12. The SMILES string of the molecule is CCCCCCCCCc1ccc(O[PH](Oc2ccc(CCCCCCCCC)cc2)(Oc2ccc(C(C)(C)c3ccc(O)c(C(C)(C)C)c3)cc2)C(C)(C)C)cc1. The quantitative estimate of drug-likeness (QED) is 0.0566. The van der Waals surface area contributed by atoms with Gasteiger partial charge in [0.05, 0.1) is 0 Å². The van der Waals surface area contributed by atoms with Crippen LogP contribution < -0.4 is 13.6 Å². The Morgan fingerprint density at radius 3 is 1.19 bits per heavy atom.